The number of hydrogen-bond donors (Lipinski definition) is 0. The SMILES string of the molecule is Cn1c(=O)c2c(nc(Oc3cccc(C4OCCCO4)c3)n2C)n(C)c1=O. The molecule has 0 radical (unpaired) electrons. The summed E-state index contributed by atoms with van der Waals surface area (Å²) in [5.41, 5.74) is 0.552. The lowest BCUT2D eigenvalue weighted by atomic mass is 10.2. The van der Waals surface area contributed by atoms with Crippen LogP contribution in [0, 0.1) is 0 Å². The number of aryl methyl sites for hydroxylation is 2. The van der Waals surface area contributed by atoms with E-state index in [1.165, 1.54) is 16.2 Å². The molecule has 0 unspecified atom stereocenters. The molecule has 27 heavy (non-hydrogen) atoms. The minimum Gasteiger partial charge on any atom is -0.425 e. The second-order valence-corrected chi connectivity index (χ2v) is 6.43. The number of fused-ring (bicyclic) bond motifs is 1. The number of imidazole rings is 1. The van der Waals surface area contributed by atoms with Crippen molar-refractivity contribution in [3.63, 3.8) is 0 Å². The molecular weight excluding hydrogens is 352 g/mol. The molecule has 1 aliphatic rings. The zero-order valence-corrected chi connectivity index (χ0v) is 15.3. The van der Waals surface area contributed by atoms with Crippen molar-refractivity contribution in [3.8, 4) is 11.8 Å². The van der Waals surface area contributed by atoms with Crippen molar-refractivity contribution in [2.24, 2.45) is 21.1 Å². The van der Waals surface area contributed by atoms with Crippen LogP contribution in [0.4, 0.5) is 0 Å². The molecule has 4 rings (SSSR count). The van der Waals surface area contributed by atoms with Gasteiger partial charge in [-0.2, -0.15) is 4.98 Å². The first-order valence-corrected chi connectivity index (χ1v) is 8.61. The van der Waals surface area contributed by atoms with Crippen molar-refractivity contribution in [2.45, 2.75) is 12.7 Å². The minimum absolute atomic E-state index is 0.214. The van der Waals surface area contributed by atoms with E-state index in [2.05, 4.69) is 4.98 Å². The third kappa shape index (κ3) is 2.94. The van der Waals surface area contributed by atoms with Crippen LogP contribution in [0.1, 0.15) is 18.3 Å². The van der Waals surface area contributed by atoms with Gasteiger partial charge in [-0.1, -0.05) is 12.1 Å². The maximum Gasteiger partial charge on any atom is 0.332 e. The van der Waals surface area contributed by atoms with Crippen molar-refractivity contribution in [3.05, 3.63) is 50.7 Å². The van der Waals surface area contributed by atoms with Crippen molar-refractivity contribution in [1.29, 1.82) is 0 Å². The van der Waals surface area contributed by atoms with E-state index in [4.69, 9.17) is 14.2 Å². The van der Waals surface area contributed by atoms with Crippen LogP contribution in [-0.4, -0.2) is 31.9 Å². The maximum atomic E-state index is 12.4. The Balaban J connectivity index is 1.73. The highest BCUT2D eigenvalue weighted by atomic mass is 16.7. The van der Waals surface area contributed by atoms with Crippen molar-refractivity contribution in [1.82, 2.24) is 18.7 Å². The number of ether oxygens (including phenoxy) is 3. The van der Waals surface area contributed by atoms with E-state index in [0.717, 1.165) is 16.6 Å². The Morgan fingerprint density at radius 1 is 1.07 bits per heavy atom. The molecule has 142 valence electrons. The lowest BCUT2D eigenvalue weighted by molar-refractivity contribution is -0.183. The van der Waals surface area contributed by atoms with E-state index in [-0.39, 0.29) is 11.7 Å². The summed E-state index contributed by atoms with van der Waals surface area (Å²) in [6.07, 6.45) is 0.455. The van der Waals surface area contributed by atoms with Crippen LogP contribution in [0.3, 0.4) is 0 Å². The van der Waals surface area contributed by atoms with E-state index >= 15 is 0 Å². The molecular formula is C18H20N4O5. The molecule has 3 heterocycles. The Bertz CT molecular complexity index is 1120. The maximum absolute atomic E-state index is 12.4. The van der Waals surface area contributed by atoms with E-state index < -0.39 is 17.5 Å². The molecule has 0 spiro atoms. The fourth-order valence-electron chi connectivity index (χ4n) is 3.10. The Kier molecular flexibility index (Phi) is 4.33. The molecule has 0 atom stereocenters. The van der Waals surface area contributed by atoms with Crippen LogP contribution in [-0.2, 0) is 30.6 Å². The quantitative estimate of drug-likeness (QED) is 0.686. The molecule has 2 aromatic heterocycles. The smallest absolute Gasteiger partial charge is 0.332 e. The molecule has 9 heteroatoms. The summed E-state index contributed by atoms with van der Waals surface area (Å²) in [6, 6.07) is 7.54. The molecule has 1 aliphatic heterocycles. The van der Waals surface area contributed by atoms with Crippen LogP contribution in [0.5, 0.6) is 11.8 Å². The summed E-state index contributed by atoms with van der Waals surface area (Å²) >= 11 is 0. The average molecular weight is 372 g/mol. The van der Waals surface area contributed by atoms with Crippen molar-refractivity contribution >= 4 is 11.2 Å². The Hall–Kier alpha value is -2.91. The molecule has 0 amide bonds. The third-order valence-corrected chi connectivity index (χ3v) is 4.60. The van der Waals surface area contributed by atoms with Crippen LogP contribution < -0.4 is 16.0 Å². The van der Waals surface area contributed by atoms with Gasteiger partial charge in [0.1, 0.15) is 5.75 Å². The molecule has 1 aromatic carbocycles. The molecule has 0 N–H and O–H groups in total. The predicted octanol–water partition coefficient (Wildman–Crippen LogP) is 1.20. The summed E-state index contributed by atoms with van der Waals surface area (Å²) in [5, 5.41) is 0. The van der Waals surface area contributed by atoms with E-state index in [0.29, 0.717) is 24.5 Å². The van der Waals surface area contributed by atoms with Gasteiger partial charge in [0.25, 0.3) is 5.56 Å². The third-order valence-electron chi connectivity index (χ3n) is 4.60. The lowest BCUT2D eigenvalue weighted by Gasteiger charge is -2.23. The standard InChI is InChI=1S/C18H20N4O5/c1-20-13-14(21(2)18(24)22(3)15(13)23)19-17(20)27-12-7-4-6-11(10-12)16-25-8-5-9-26-16/h4,6-7,10,16H,5,8-9H2,1-3H3. The number of rotatable bonds is 3. The van der Waals surface area contributed by atoms with Gasteiger partial charge in [0.15, 0.2) is 17.5 Å². The monoisotopic (exact) mass is 372 g/mol. The van der Waals surface area contributed by atoms with E-state index in [9.17, 15) is 9.59 Å². The largest absolute Gasteiger partial charge is 0.425 e. The molecule has 0 saturated carbocycles. The van der Waals surface area contributed by atoms with Crippen LogP contribution in [0.2, 0.25) is 0 Å². The second kappa shape index (κ2) is 6.67. The molecule has 3 aromatic rings. The Morgan fingerprint density at radius 2 is 1.81 bits per heavy atom. The lowest BCUT2D eigenvalue weighted by Crippen LogP contribution is -2.37. The van der Waals surface area contributed by atoms with E-state index in [1.54, 1.807) is 20.2 Å². The molecule has 1 saturated heterocycles. The summed E-state index contributed by atoms with van der Waals surface area (Å²) in [6.45, 7) is 1.30. The number of nitrogens with zero attached hydrogens (tertiary/aromatic N) is 4. The van der Waals surface area contributed by atoms with Gasteiger partial charge in [0.2, 0.25) is 0 Å². The zero-order chi connectivity index (χ0) is 19.1. The first kappa shape index (κ1) is 17.5. The summed E-state index contributed by atoms with van der Waals surface area (Å²) < 4.78 is 21.0. The molecule has 1 fully saturated rings. The zero-order valence-electron chi connectivity index (χ0n) is 15.3. The van der Waals surface area contributed by atoms with Crippen LogP contribution in [0.25, 0.3) is 11.2 Å². The highest BCUT2D eigenvalue weighted by Gasteiger charge is 2.20. The number of hydrogen-bond acceptors (Lipinski definition) is 6. The van der Waals surface area contributed by atoms with Gasteiger partial charge in [-0.15, -0.1) is 0 Å². The van der Waals surface area contributed by atoms with Crippen molar-refractivity contribution in [2.75, 3.05) is 13.2 Å². The van der Waals surface area contributed by atoms with Gasteiger partial charge >= 0.3 is 11.7 Å². The summed E-state index contributed by atoms with van der Waals surface area (Å²) in [7, 11) is 4.68. The minimum atomic E-state index is -0.439. The van der Waals surface area contributed by atoms with Gasteiger partial charge in [0, 0.05) is 26.7 Å². The molecule has 9 nitrogen and oxygen atoms in total. The van der Waals surface area contributed by atoms with Gasteiger partial charge in [-0.05, 0) is 18.6 Å². The van der Waals surface area contributed by atoms with Gasteiger partial charge in [-0.3, -0.25) is 18.5 Å². The fourth-order valence-corrected chi connectivity index (χ4v) is 3.10. The predicted molar refractivity (Wildman–Crippen MR) is 97.0 cm³/mol. The first-order chi connectivity index (χ1) is 13.0. The van der Waals surface area contributed by atoms with Gasteiger partial charge < -0.3 is 14.2 Å². The first-order valence-electron chi connectivity index (χ1n) is 8.61. The second-order valence-electron chi connectivity index (χ2n) is 6.43. The van der Waals surface area contributed by atoms with Gasteiger partial charge in [0.05, 0.1) is 13.2 Å². The Labute approximate surface area is 154 Å². The summed E-state index contributed by atoms with van der Waals surface area (Å²) in [4.78, 5) is 28.9. The van der Waals surface area contributed by atoms with E-state index in [1.807, 2.05) is 18.2 Å². The molecule has 0 aliphatic carbocycles. The number of aromatic nitrogens is 4. The van der Waals surface area contributed by atoms with Crippen molar-refractivity contribution < 1.29 is 14.2 Å². The number of benzene rings is 1. The Morgan fingerprint density at radius 3 is 2.56 bits per heavy atom. The highest BCUT2D eigenvalue weighted by Crippen LogP contribution is 2.28. The molecule has 0 bridgehead atoms. The van der Waals surface area contributed by atoms with Crippen LogP contribution >= 0.6 is 0 Å². The average Bonchev–Trinajstić information content (AvgIpc) is 3.02. The summed E-state index contributed by atoms with van der Waals surface area (Å²) in [5.74, 6) is 0.533. The topological polar surface area (TPSA) is 89.5 Å². The highest BCUT2D eigenvalue weighted by molar-refractivity contribution is 5.71. The fraction of sp³-hybridized carbons (Fsp3) is 0.389. The van der Waals surface area contributed by atoms with Crippen LogP contribution in [0.15, 0.2) is 33.9 Å². The van der Waals surface area contributed by atoms with Gasteiger partial charge in [-0.25, -0.2) is 4.79 Å². The normalized spacial score (nSPS) is 15.4.